The van der Waals surface area contributed by atoms with Gasteiger partial charge in [-0.3, -0.25) is 4.90 Å². The molecule has 2 nitrogen and oxygen atoms in total. The molecule has 1 aromatic rings. The maximum absolute atomic E-state index is 5.95. The summed E-state index contributed by atoms with van der Waals surface area (Å²) in [5, 5.41) is 4.40. The largest absolute Gasteiger partial charge is 0.329 e. The molecule has 3 heteroatoms. The van der Waals surface area contributed by atoms with Crippen LogP contribution < -0.4 is 5.73 Å². The van der Waals surface area contributed by atoms with Gasteiger partial charge >= 0.3 is 0 Å². The average Bonchev–Trinajstić information content (AvgIpc) is 2.75. The first kappa shape index (κ1) is 12.1. The van der Waals surface area contributed by atoms with Crippen LogP contribution in [0.4, 0.5) is 0 Å². The van der Waals surface area contributed by atoms with Crippen LogP contribution in [-0.4, -0.2) is 24.5 Å². The molecule has 1 aliphatic rings. The predicted octanol–water partition coefficient (Wildman–Crippen LogP) is 3.01. The van der Waals surface area contributed by atoms with Gasteiger partial charge in [-0.2, -0.15) is 11.3 Å². The Morgan fingerprint density at radius 2 is 1.88 bits per heavy atom. The molecular formula is C13H22N2S. The molecule has 1 aliphatic heterocycles. The molecule has 1 unspecified atom stereocenters. The quantitative estimate of drug-likeness (QED) is 0.877. The predicted molar refractivity (Wildman–Crippen MR) is 70.8 cm³/mol. The highest BCUT2D eigenvalue weighted by Gasteiger charge is 2.19. The fourth-order valence-corrected chi connectivity index (χ4v) is 3.25. The van der Waals surface area contributed by atoms with Crippen molar-refractivity contribution in [1.29, 1.82) is 0 Å². The summed E-state index contributed by atoms with van der Waals surface area (Å²) in [4.78, 5) is 2.58. The van der Waals surface area contributed by atoms with Crippen molar-refractivity contribution in [2.75, 3.05) is 19.6 Å². The number of hydrogen-bond donors (Lipinski definition) is 1. The zero-order valence-corrected chi connectivity index (χ0v) is 10.7. The van der Waals surface area contributed by atoms with Crippen molar-refractivity contribution >= 4 is 11.3 Å². The van der Waals surface area contributed by atoms with E-state index in [1.54, 1.807) is 11.3 Å². The van der Waals surface area contributed by atoms with Crippen LogP contribution in [0.2, 0.25) is 0 Å². The second-order valence-electron chi connectivity index (χ2n) is 4.61. The summed E-state index contributed by atoms with van der Waals surface area (Å²) in [5.41, 5.74) is 7.36. The van der Waals surface area contributed by atoms with Crippen molar-refractivity contribution < 1.29 is 0 Å². The highest BCUT2D eigenvalue weighted by molar-refractivity contribution is 7.07. The number of hydrogen-bond acceptors (Lipinski definition) is 3. The third kappa shape index (κ3) is 3.06. The highest BCUT2D eigenvalue weighted by Crippen LogP contribution is 2.24. The van der Waals surface area contributed by atoms with Gasteiger partial charge in [0.15, 0.2) is 0 Å². The second kappa shape index (κ2) is 6.38. The standard InChI is InChI=1S/C13H22N2S/c14-10-13(12-6-9-16-11-12)15-7-4-2-1-3-5-8-15/h6,9,11,13H,1-5,7-8,10,14H2. The maximum atomic E-state index is 5.95. The summed E-state index contributed by atoms with van der Waals surface area (Å²) in [5.74, 6) is 0. The normalized spacial score (nSPS) is 21.3. The van der Waals surface area contributed by atoms with Crippen LogP contribution in [0.5, 0.6) is 0 Å². The van der Waals surface area contributed by atoms with E-state index in [0.717, 1.165) is 6.54 Å². The Hall–Kier alpha value is -0.380. The molecule has 0 bridgehead atoms. The molecular weight excluding hydrogens is 216 g/mol. The van der Waals surface area contributed by atoms with Crippen LogP contribution in [0.1, 0.15) is 43.7 Å². The lowest BCUT2D eigenvalue weighted by Crippen LogP contribution is -2.35. The number of thiophene rings is 1. The smallest absolute Gasteiger partial charge is 0.0478 e. The van der Waals surface area contributed by atoms with E-state index in [4.69, 9.17) is 5.73 Å². The van der Waals surface area contributed by atoms with E-state index < -0.39 is 0 Å². The van der Waals surface area contributed by atoms with Crippen molar-refractivity contribution in [2.45, 2.75) is 38.1 Å². The maximum Gasteiger partial charge on any atom is 0.0478 e. The minimum atomic E-state index is 0.448. The molecule has 0 saturated carbocycles. The van der Waals surface area contributed by atoms with E-state index >= 15 is 0 Å². The Bertz CT molecular complexity index is 276. The minimum Gasteiger partial charge on any atom is -0.329 e. The molecule has 0 aliphatic carbocycles. The molecule has 1 fully saturated rings. The van der Waals surface area contributed by atoms with Crippen molar-refractivity contribution in [3.63, 3.8) is 0 Å². The number of rotatable bonds is 3. The van der Waals surface area contributed by atoms with Crippen LogP contribution in [0.3, 0.4) is 0 Å². The van der Waals surface area contributed by atoms with Crippen LogP contribution in [0.15, 0.2) is 16.8 Å². The van der Waals surface area contributed by atoms with Gasteiger partial charge in [-0.25, -0.2) is 0 Å². The van der Waals surface area contributed by atoms with Crippen LogP contribution >= 0.6 is 11.3 Å². The van der Waals surface area contributed by atoms with Gasteiger partial charge in [0.1, 0.15) is 0 Å². The van der Waals surface area contributed by atoms with E-state index in [1.807, 2.05) is 0 Å². The number of nitrogens with two attached hydrogens (primary N) is 1. The molecule has 0 aromatic carbocycles. The van der Waals surface area contributed by atoms with Gasteiger partial charge in [-0.1, -0.05) is 19.3 Å². The molecule has 0 spiro atoms. The van der Waals surface area contributed by atoms with Crippen molar-refractivity contribution in [1.82, 2.24) is 4.90 Å². The summed E-state index contributed by atoms with van der Waals surface area (Å²) in [7, 11) is 0. The number of nitrogens with zero attached hydrogens (tertiary/aromatic N) is 1. The fourth-order valence-electron chi connectivity index (χ4n) is 2.54. The van der Waals surface area contributed by atoms with Gasteiger partial charge in [0.2, 0.25) is 0 Å². The summed E-state index contributed by atoms with van der Waals surface area (Å²) in [6.45, 7) is 3.19. The lowest BCUT2D eigenvalue weighted by atomic mass is 10.0. The molecule has 1 aromatic heterocycles. The zero-order valence-electron chi connectivity index (χ0n) is 9.90. The summed E-state index contributed by atoms with van der Waals surface area (Å²) >= 11 is 1.77. The second-order valence-corrected chi connectivity index (χ2v) is 5.39. The third-order valence-electron chi connectivity index (χ3n) is 3.48. The molecule has 16 heavy (non-hydrogen) atoms. The first-order valence-electron chi connectivity index (χ1n) is 6.38. The van der Waals surface area contributed by atoms with E-state index in [2.05, 4.69) is 21.7 Å². The van der Waals surface area contributed by atoms with Crippen LogP contribution in [-0.2, 0) is 0 Å². The summed E-state index contributed by atoms with van der Waals surface area (Å²) < 4.78 is 0. The van der Waals surface area contributed by atoms with Gasteiger partial charge in [0, 0.05) is 12.6 Å². The zero-order chi connectivity index (χ0) is 11.2. The Labute approximate surface area is 102 Å². The Morgan fingerprint density at radius 1 is 1.19 bits per heavy atom. The van der Waals surface area contributed by atoms with Gasteiger partial charge in [0.05, 0.1) is 0 Å². The van der Waals surface area contributed by atoms with Crippen LogP contribution in [0, 0.1) is 0 Å². The summed E-state index contributed by atoms with van der Waals surface area (Å²) in [6.07, 6.45) is 6.86. The molecule has 2 heterocycles. The average molecular weight is 238 g/mol. The van der Waals surface area contributed by atoms with E-state index in [1.165, 1.54) is 50.8 Å². The molecule has 2 rings (SSSR count). The lowest BCUT2D eigenvalue weighted by Gasteiger charge is -2.32. The van der Waals surface area contributed by atoms with Crippen LogP contribution in [0.25, 0.3) is 0 Å². The van der Waals surface area contributed by atoms with Gasteiger partial charge in [0.25, 0.3) is 0 Å². The molecule has 0 radical (unpaired) electrons. The SMILES string of the molecule is NCC(c1ccsc1)N1CCCCCCC1. The molecule has 1 atom stereocenters. The Morgan fingerprint density at radius 3 is 2.44 bits per heavy atom. The monoisotopic (exact) mass is 238 g/mol. The first-order valence-corrected chi connectivity index (χ1v) is 7.32. The summed E-state index contributed by atoms with van der Waals surface area (Å²) in [6, 6.07) is 2.67. The fraction of sp³-hybridized carbons (Fsp3) is 0.692. The Kier molecular flexibility index (Phi) is 4.82. The Balaban J connectivity index is 2.01. The molecule has 0 amide bonds. The number of likely N-dealkylation sites (tertiary alicyclic amines) is 1. The topological polar surface area (TPSA) is 29.3 Å². The van der Waals surface area contributed by atoms with Crippen molar-refractivity contribution in [2.24, 2.45) is 5.73 Å². The highest BCUT2D eigenvalue weighted by atomic mass is 32.1. The van der Waals surface area contributed by atoms with E-state index in [9.17, 15) is 0 Å². The third-order valence-corrected chi connectivity index (χ3v) is 4.18. The molecule has 2 N–H and O–H groups in total. The minimum absolute atomic E-state index is 0.448. The van der Waals surface area contributed by atoms with Crippen molar-refractivity contribution in [3.05, 3.63) is 22.4 Å². The molecule has 1 saturated heterocycles. The van der Waals surface area contributed by atoms with Gasteiger partial charge < -0.3 is 5.73 Å². The van der Waals surface area contributed by atoms with Gasteiger partial charge in [-0.15, -0.1) is 0 Å². The van der Waals surface area contributed by atoms with Crippen molar-refractivity contribution in [3.8, 4) is 0 Å². The van der Waals surface area contributed by atoms with E-state index in [0.29, 0.717) is 6.04 Å². The first-order chi connectivity index (χ1) is 7.92. The van der Waals surface area contributed by atoms with Gasteiger partial charge in [-0.05, 0) is 48.3 Å². The lowest BCUT2D eigenvalue weighted by molar-refractivity contribution is 0.184. The van der Waals surface area contributed by atoms with E-state index in [-0.39, 0.29) is 0 Å². The molecule has 90 valence electrons.